The topological polar surface area (TPSA) is 110 Å². The minimum absolute atomic E-state index is 0.363. The van der Waals surface area contributed by atoms with Crippen LogP contribution in [-0.2, 0) is 4.79 Å². The summed E-state index contributed by atoms with van der Waals surface area (Å²) in [6.07, 6.45) is 68.3. The lowest BCUT2D eigenvalue weighted by atomic mass is 10.00. The number of rotatable bonds is 56. The van der Waals surface area contributed by atoms with Gasteiger partial charge in [-0.1, -0.05) is 289 Å². The number of hydrogen-bond acceptors (Lipinski definition) is 5. The number of unbranched alkanes of at least 4 members (excludes halogenated alkanes) is 43. The second-order valence-electron chi connectivity index (χ2n) is 21.0. The van der Waals surface area contributed by atoms with Crippen molar-refractivity contribution in [2.75, 3.05) is 6.61 Å². The Balaban J connectivity index is 3.63. The van der Waals surface area contributed by atoms with Gasteiger partial charge in [-0.05, 0) is 64.2 Å². The van der Waals surface area contributed by atoms with Crippen LogP contribution in [0.2, 0.25) is 0 Å². The molecule has 0 saturated heterocycles. The lowest BCUT2D eigenvalue weighted by Crippen LogP contribution is -2.53. The summed E-state index contributed by atoms with van der Waals surface area (Å²) in [6.45, 7) is 4.09. The molecule has 0 bridgehead atoms. The van der Waals surface area contributed by atoms with E-state index < -0.39 is 36.9 Å². The lowest BCUT2D eigenvalue weighted by molar-refractivity contribution is -0.132. The van der Waals surface area contributed by atoms with E-state index in [1.807, 2.05) is 0 Å². The molecule has 6 nitrogen and oxygen atoms in total. The van der Waals surface area contributed by atoms with E-state index in [1.165, 1.54) is 263 Å². The fourth-order valence-electron chi connectivity index (χ4n) is 9.64. The third-order valence-corrected chi connectivity index (χ3v) is 14.4. The van der Waals surface area contributed by atoms with Crippen LogP contribution in [0.1, 0.15) is 328 Å². The molecule has 4 unspecified atom stereocenters. The van der Waals surface area contributed by atoms with E-state index in [2.05, 4.69) is 43.5 Å². The average molecular weight is 947 g/mol. The molecule has 0 aromatic heterocycles. The SMILES string of the molecule is CCCCCCCCCCCCCC/C=C\CCCCCCCCCCCCC(O)C(=O)NC(CO)C(O)C(O)CCC/C=C/CCCCCCCCCCCCCCCCCCCCCC. The van der Waals surface area contributed by atoms with Crippen LogP contribution in [0.15, 0.2) is 24.3 Å². The second kappa shape index (κ2) is 55.7. The zero-order valence-corrected chi connectivity index (χ0v) is 45.2. The number of carbonyl (C=O) groups excluding carboxylic acids is 1. The number of aliphatic hydroxyl groups is 4. The van der Waals surface area contributed by atoms with Gasteiger partial charge in [0.1, 0.15) is 12.2 Å². The molecule has 0 aliphatic rings. The first-order valence-electron chi connectivity index (χ1n) is 30.2. The van der Waals surface area contributed by atoms with Crippen molar-refractivity contribution in [2.45, 2.75) is 353 Å². The van der Waals surface area contributed by atoms with Gasteiger partial charge in [0.25, 0.3) is 0 Å². The Morgan fingerprint density at radius 1 is 0.358 bits per heavy atom. The molecule has 398 valence electrons. The quantitative estimate of drug-likeness (QED) is 0.0308. The van der Waals surface area contributed by atoms with Gasteiger partial charge in [0.05, 0.1) is 18.8 Å². The van der Waals surface area contributed by atoms with Gasteiger partial charge in [-0.15, -0.1) is 0 Å². The Morgan fingerprint density at radius 2 is 0.612 bits per heavy atom. The van der Waals surface area contributed by atoms with Crippen molar-refractivity contribution in [2.24, 2.45) is 0 Å². The van der Waals surface area contributed by atoms with E-state index in [1.54, 1.807) is 0 Å². The number of nitrogens with one attached hydrogen (secondary N) is 1. The lowest BCUT2D eigenvalue weighted by Gasteiger charge is -2.27. The molecular weight excluding hydrogens is 827 g/mol. The molecular formula is C61H119NO5. The maximum absolute atomic E-state index is 12.6. The molecule has 0 heterocycles. The minimum atomic E-state index is -1.28. The molecule has 5 N–H and O–H groups in total. The van der Waals surface area contributed by atoms with Gasteiger partial charge in [0.2, 0.25) is 5.91 Å². The van der Waals surface area contributed by atoms with E-state index in [-0.39, 0.29) is 0 Å². The van der Waals surface area contributed by atoms with Crippen LogP contribution in [0.3, 0.4) is 0 Å². The number of carbonyl (C=O) groups is 1. The summed E-state index contributed by atoms with van der Waals surface area (Å²) in [5.41, 5.74) is 0. The van der Waals surface area contributed by atoms with Gasteiger partial charge in [-0.3, -0.25) is 4.79 Å². The third-order valence-electron chi connectivity index (χ3n) is 14.4. The fraction of sp³-hybridized carbons (Fsp3) is 0.918. The Bertz CT molecular complexity index is 1020. The molecule has 0 fully saturated rings. The molecule has 1 amide bonds. The van der Waals surface area contributed by atoms with Gasteiger partial charge < -0.3 is 25.7 Å². The largest absolute Gasteiger partial charge is 0.394 e. The second-order valence-corrected chi connectivity index (χ2v) is 21.0. The number of amides is 1. The molecule has 6 heteroatoms. The van der Waals surface area contributed by atoms with Crippen molar-refractivity contribution in [1.82, 2.24) is 5.32 Å². The van der Waals surface area contributed by atoms with Crippen LogP contribution in [-0.4, -0.2) is 57.3 Å². The molecule has 0 saturated carbocycles. The van der Waals surface area contributed by atoms with Crippen LogP contribution in [0.5, 0.6) is 0 Å². The molecule has 0 aromatic rings. The first-order valence-corrected chi connectivity index (χ1v) is 30.2. The normalized spacial score (nSPS) is 13.8. The maximum Gasteiger partial charge on any atom is 0.249 e. The predicted molar refractivity (Wildman–Crippen MR) is 293 cm³/mol. The summed E-state index contributed by atoms with van der Waals surface area (Å²) in [5, 5.41) is 44.0. The number of aliphatic hydroxyl groups excluding tert-OH is 4. The van der Waals surface area contributed by atoms with Gasteiger partial charge in [0, 0.05) is 0 Å². The first kappa shape index (κ1) is 65.8. The molecule has 67 heavy (non-hydrogen) atoms. The van der Waals surface area contributed by atoms with E-state index in [9.17, 15) is 25.2 Å². The monoisotopic (exact) mass is 946 g/mol. The summed E-state index contributed by atoms with van der Waals surface area (Å²) in [6, 6.07) is -1.00. The average Bonchev–Trinajstić information content (AvgIpc) is 3.33. The molecule has 4 atom stereocenters. The van der Waals surface area contributed by atoms with Crippen LogP contribution >= 0.6 is 0 Å². The molecule has 0 aromatic carbocycles. The summed E-state index contributed by atoms with van der Waals surface area (Å²) >= 11 is 0. The van der Waals surface area contributed by atoms with E-state index in [0.717, 1.165) is 38.5 Å². The van der Waals surface area contributed by atoms with Crippen LogP contribution in [0, 0.1) is 0 Å². The number of allylic oxidation sites excluding steroid dienone is 4. The highest BCUT2D eigenvalue weighted by Gasteiger charge is 2.28. The van der Waals surface area contributed by atoms with Gasteiger partial charge >= 0.3 is 0 Å². The predicted octanol–water partition coefficient (Wildman–Crippen LogP) is 17.8. The van der Waals surface area contributed by atoms with E-state index >= 15 is 0 Å². The third kappa shape index (κ3) is 49.6. The first-order chi connectivity index (χ1) is 33.0. The highest BCUT2D eigenvalue weighted by Crippen LogP contribution is 2.18. The Kier molecular flexibility index (Phi) is 54.7. The zero-order chi connectivity index (χ0) is 48.8. The van der Waals surface area contributed by atoms with Gasteiger partial charge in [-0.2, -0.15) is 0 Å². The van der Waals surface area contributed by atoms with Crippen molar-refractivity contribution >= 4 is 5.91 Å². The standard InChI is InChI=1S/C61H119NO5/c1-3-5-7-9-11-13-15-17-19-21-23-25-27-29-31-33-35-37-39-41-43-45-47-49-51-53-55-59(65)61(67)62-57(56-63)60(66)58(64)54-52-50-48-46-44-42-40-38-36-34-32-30-28-26-24-22-20-18-16-14-12-10-8-6-4-2/h29,31,46,48,57-60,63-66H,3-28,30,32-45,47,49-56H2,1-2H3,(H,62,67)/b31-29-,48-46+. The summed E-state index contributed by atoms with van der Waals surface area (Å²) in [7, 11) is 0. The van der Waals surface area contributed by atoms with Gasteiger partial charge in [-0.25, -0.2) is 0 Å². The Hall–Kier alpha value is -1.21. The van der Waals surface area contributed by atoms with Gasteiger partial charge in [0.15, 0.2) is 0 Å². The fourth-order valence-corrected chi connectivity index (χ4v) is 9.64. The summed E-state index contributed by atoms with van der Waals surface area (Å²) in [5.74, 6) is -0.590. The Labute approximate surface area is 418 Å². The van der Waals surface area contributed by atoms with Crippen molar-refractivity contribution in [1.29, 1.82) is 0 Å². The molecule has 0 aliphatic heterocycles. The summed E-state index contributed by atoms with van der Waals surface area (Å²) in [4.78, 5) is 12.6. The van der Waals surface area contributed by atoms with Crippen molar-refractivity contribution in [3.8, 4) is 0 Å². The van der Waals surface area contributed by atoms with Crippen LogP contribution < -0.4 is 5.32 Å². The zero-order valence-electron chi connectivity index (χ0n) is 45.2. The summed E-state index contributed by atoms with van der Waals surface area (Å²) < 4.78 is 0. The van der Waals surface area contributed by atoms with Crippen LogP contribution in [0.25, 0.3) is 0 Å². The minimum Gasteiger partial charge on any atom is -0.394 e. The van der Waals surface area contributed by atoms with E-state index in [0.29, 0.717) is 12.8 Å². The Morgan fingerprint density at radius 3 is 0.896 bits per heavy atom. The molecule has 0 radical (unpaired) electrons. The molecule has 0 spiro atoms. The highest BCUT2D eigenvalue weighted by atomic mass is 16.3. The smallest absolute Gasteiger partial charge is 0.249 e. The van der Waals surface area contributed by atoms with Crippen molar-refractivity contribution in [3.05, 3.63) is 24.3 Å². The molecule has 0 aliphatic carbocycles. The highest BCUT2D eigenvalue weighted by molar-refractivity contribution is 5.80. The van der Waals surface area contributed by atoms with E-state index in [4.69, 9.17) is 0 Å². The van der Waals surface area contributed by atoms with Crippen LogP contribution in [0.4, 0.5) is 0 Å². The molecule has 0 rings (SSSR count). The van der Waals surface area contributed by atoms with Crippen molar-refractivity contribution < 1.29 is 25.2 Å². The van der Waals surface area contributed by atoms with Crippen molar-refractivity contribution in [3.63, 3.8) is 0 Å². The maximum atomic E-state index is 12.6. The number of hydrogen-bond donors (Lipinski definition) is 5.